The van der Waals surface area contributed by atoms with E-state index in [2.05, 4.69) is 15.6 Å². The zero-order valence-corrected chi connectivity index (χ0v) is 14.9. The van der Waals surface area contributed by atoms with Crippen LogP contribution in [0.4, 0.5) is 20.6 Å². The summed E-state index contributed by atoms with van der Waals surface area (Å²) >= 11 is 0. The minimum absolute atomic E-state index is 0.0502. The number of amides is 2. The van der Waals surface area contributed by atoms with Crippen molar-refractivity contribution in [1.82, 2.24) is 10.3 Å². The minimum Gasteiger partial charge on any atom is -0.372 e. The number of rotatable bonds is 4. The largest absolute Gasteiger partial charge is 0.372 e. The molecular formula is C19H23FN4O2. The second-order valence-electron chi connectivity index (χ2n) is 6.50. The molecule has 138 valence electrons. The Kier molecular flexibility index (Phi) is 5.68. The molecule has 26 heavy (non-hydrogen) atoms. The molecule has 1 aromatic heterocycles. The van der Waals surface area contributed by atoms with Crippen molar-refractivity contribution in [2.45, 2.75) is 32.6 Å². The lowest BCUT2D eigenvalue weighted by atomic mass is 10.2. The van der Waals surface area contributed by atoms with Gasteiger partial charge in [-0.1, -0.05) is 6.07 Å². The molecule has 2 aromatic rings. The highest BCUT2D eigenvalue weighted by molar-refractivity contribution is 5.89. The Morgan fingerprint density at radius 3 is 2.73 bits per heavy atom. The minimum atomic E-state index is -0.394. The number of benzene rings is 1. The molecule has 2 atom stereocenters. The third-order valence-corrected chi connectivity index (χ3v) is 4.14. The van der Waals surface area contributed by atoms with Crippen molar-refractivity contribution in [1.29, 1.82) is 0 Å². The molecule has 7 heteroatoms. The number of ether oxygens (including phenoxy) is 1. The molecule has 2 N–H and O–H groups in total. The summed E-state index contributed by atoms with van der Waals surface area (Å²) in [5.74, 6) is -0.364. The average molecular weight is 358 g/mol. The standard InChI is InChI=1S/C19H23FN4O2/c1-13-11-24(12-14(2)26-13)18-6-5-16(8-17(18)20)23-19(25)22-10-15-4-3-7-21-9-15/h3-9,13-14H,10-12H2,1-2H3,(H2,22,23,25)/t13-,14-/m1/s1. The Morgan fingerprint density at radius 2 is 2.08 bits per heavy atom. The summed E-state index contributed by atoms with van der Waals surface area (Å²) < 4.78 is 20.2. The van der Waals surface area contributed by atoms with Crippen LogP contribution in [0.5, 0.6) is 0 Å². The molecule has 6 nitrogen and oxygen atoms in total. The number of carbonyl (C=O) groups excluding carboxylic acids is 1. The second-order valence-corrected chi connectivity index (χ2v) is 6.50. The summed E-state index contributed by atoms with van der Waals surface area (Å²) in [6, 6.07) is 8.00. The SMILES string of the molecule is C[C@@H]1CN(c2ccc(NC(=O)NCc3cccnc3)cc2F)C[C@@H](C)O1. The molecule has 3 rings (SSSR count). The zero-order valence-electron chi connectivity index (χ0n) is 14.9. The first-order chi connectivity index (χ1) is 12.5. The van der Waals surface area contributed by atoms with Crippen LogP contribution in [0.25, 0.3) is 0 Å². The molecule has 2 heterocycles. The molecule has 0 unspecified atom stereocenters. The highest BCUT2D eigenvalue weighted by atomic mass is 19.1. The van der Waals surface area contributed by atoms with Gasteiger partial charge >= 0.3 is 6.03 Å². The molecule has 0 radical (unpaired) electrons. The van der Waals surface area contributed by atoms with E-state index in [1.54, 1.807) is 30.6 Å². The maximum absolute atomic E-state index is 14.5. The van der Waals surface area contributed by atoms with Crippen LogP contribution >= 0.6 is 0 Å². The predicted molar refractivity (Wildman–Crippen MR) is 98.7 cm³/mol. The number of urea groups is 1. The number of nitrogens with one attached hydrogen (secondary N) is 2. The topological polar surface area (TPSA) is 66.5 Å². The van der Waals surface area contributed by atoms with Crippen LogP contribution in [0, 0.1) is 5.82 Å². The van der Waals surface area contributed by atoms with Gasteiger partial charge in [-0.05, 0) is 43.7 Å². The van der Waals surface area contributed by atoms with Gasteiger partial charge in [0.25, 0.3) is 0 Å². The number of halogens is 1. The molecule has 0 spiro atoms. The normalized spacial score (nSPS) is 19.9. The number of aromatic nitrogens is 1. The molecule has 0 aliphatic carbocycles. The van der Waals surface area contributed by atoms with Gasteiger partial charge in [0.05, 0.1) is 17.9 Å². The fourth-order valence-corrected chi connectivity index (χ4v) is 3.08. The van der Waals surface area contributed by atoms with E-state index in [-0.39, 0.29) is 18.0 Å². The Balaban J connectivity index is 1.59. The van der Waals surface area contributed by atoms with Gasteiger partial charge in [-0.2, -0.15) is 0 Å². The zero-order chi connectivity index (χ0) is 18.5. The third kappa shape index (κ3) is 4.70. The molecule has 0 bridgehead atoms. The number of hydrogen-bond acceptors (Lipinski definition) is 4. The van der Waals surface area contributed by atoms with Crippen LogP contribution in [0.3, 0.4) is 0 Å². The Hall–Kier alpha value is -2.67. The summed E-state index contributed by atoms with van der Waals surface area (Å²) in [5, 5.41) is 5.36. The lowest BCUT2D eigenvalue weighted by Gasteiger charge is -2.37. The van der Waals surface area contributed by atoms with E-state index in [0.717, 1.165) is 5.56 Å². The predicted octanol–water partition coefficient (Wildman–Crippen LogP) is 3.16. The number of morpholine rings is 1. The molecular weight excluding hydrogens is 335 g/mol. The fraction of sp³-hybridized carbons (Fsp3) is 0.368. The maximum atomic E-state index is 14.5. The van der Waals surface area contributed by atoms with Crippen molar-refractivity contribution >= 4 is 17.4 Å². The lowest BCUT2D eigenvalue weighted by molar-refractivity contribution is -0.00539. The molecule has 2 amide bonds. The average Bonchev–Trinajstić information content (AvgIpc) is 2.60. The van der Waals surface area contributed by atoms with Crippen molar-refractivity contribution < 1.29 is 13.9 Å². The van der Waals surface area contributed by atoms with E-state index < -0.39 is 6.03 Å². The van der Waals surface area contributed by atoms with E-state index in [0.29, 0.717) is 31.0 Å². The van der Waals surface area contributed by atoms with Gasteiger partial charge in [-0.3, -0.25) is 4.98 Å². The van der Waals surface area contributed by atoms with Gasteiger partial charge < -0.3 is 20.3 Å². The van der Waals surface area contributed by atoms with Crippen molar-refractivity contribution in [3.05, 3.63) is 54.1 Å². The summed E-state index contributed by atoms with van der Waals surface area (Å²) in [6.45, 7) is 5.58. The molecule has 1 saturated heterocycles. The van der Waals surface area contributed by atoms with Gasteiger partial charge in [0, 0.05) is 37.7 Å². The van der Waals surface area contributed by atoms with Gasteiger partial charge in [-0.25, -0.2) is 9.18 Å². The highest BCUT2D eigenvalue weighted by Gasteiger charge is 2.24. The second kappa shape index (κ2) is 8.14. The van der Waals surface area contributed by atoms with Gasteiger partial charge in [0.1, 0.15) is 5.82 Å². The van der Waals surface area contributed by atoms with Crippen LogP contribution in [-0.2, 0) is 11.3 Å². The van der Waals surface area contributed by atoms with E-state index in [1.165, 1.54) is 6.07 Å². The summed E-state index contributed by atoms with van der Waals surface area (Å²) in [5.41, 5.74) is 1.82. The van der Waals surface area contributed by atoms with Crippen LogP contribution in [-0.4, -0.2) is 36.3 Å². The van der Waals surface area contributed by atoms with Crippen molar-refractivity contribution in [3.8, 4) is 0 Å². The molecule has 1 aliphatic rings. The lowest BCUT2D eigenvalue weighted by Crippen LogP contribution is -2.45. The number of anilines is 2. The van der Waals surface area contributed by atoms with E-state index in [1.807, 2.05) is 24.8 Å². The first kappa shape index (κ1) is 18.1. The Morgan fingerprint density at radius 1 is 1.31 bits per heavy atom. The summed E-state index contributed by atoms with van der Waals surface area (Å²) in [6.07, 6.45) is 3.45. The van der Waals surface area contributed by atoms with Gasteiger partial charge in [0.2, 0.25) is 0 Å². The van der Waals surface area contributed by atoms with Crippen LogP contribution in [0.15, 0.2) is 42.7 Å². The van der Waals surface area contributed by atoms with Gasteiger partial charge in [-0.15, -0.1) is 0 Å². The van der Waals surface area contributed by atoms with Crippen LogP contribution in [0.1, 0.15) is 19.4 Å². The highest BCUT2D eigenvalue weighted by Crippen LogP contribution is 2.26. The van der Waals surface area contributed by atoms with Crippen LogP contribution in [0.2, 0.25) is 0 Å². The quantitative estimate of drug-likeness (QED) is 0.881. The number of pyridine rings is 1. The van der Waals surface area contributed by atoms with Crippen LogP contribution < -0.4 is 15.5 Å². The van der Waals surface area contributed by atoms with Gasteiger partial charge in [0.15, 0.2) is 0 Å². The molecule has 1 fully saturated rings. The molecule has 1 aromatic carbocycles. The first-order valence-electron chi connectivity index (χ1n) is 8.65. The number of hydrogen-bond donors (Lipinski definition) is 2. The van der Waals surface area contributed by atoms with Crippen molar-refractivity contribution in [2.75, 3.05) is 23.3 Å². The summed E-state index contributed by atoms with van der Waals surface area (Å²) in [7, 11) is 0. The summed E-state index contributed by atoms with van der Waals surface area (Å²) in [4.78, 5) is 17.9. The smallest absolute Gasteiger partial charge is 0.319 e. The maximum Gasteiger partial charge on any atom is 0.319 e. The fourth-order valence-electron chi connectivity index (χ4n) is 3.08. The first-order valence-corrected chi connectivity index (χ1v) is 8.65. The molecule has 1 aliphatic heterocycles. The number of nitrogens with zero attached hydrogens (tertiary/aromatic N) is 2. The Labute approximate surface area is 152 Å². The van der Waals surface area contributed by atoms with E-state index in [9.17, 15) is 9.18 Å². The molecule has 0 saturated carbocycles. The van der Waals surface area contributed by atoms with E-state index >= 15 is 0 Å². The Bertz CT molecular complexity index is 746. The third-order valence-electron chi connectivity index (χ3n) is 4.14. The monoisotopic (exact) mass is 358 g/mol. The van der Waals surface area contributed by atoms with Crippen molar-refractivity contribution in [2.24, 2.45) is 0 Å². The van der Waals surface area contributed by atoms with Crippen molar-refractivity contribution in [3.63, 3.8) is 0 Å². The number of carbonyl (C=O) groups is 1. The van der Waals surface area contributed by atoms with E-state index in [4.69, 9.17) is 4.74 Å².